The summed E-state index contributed by atoms with van der Waals surface area (Å²) in [6.07, 6.45) is 1.03. The van der Waals surface area contributed by atoms with E-state index in [9.17, 15) is 0 Å². The van der Waals surface area contributed by atoms with E-state index in [1.165, 1.54) is 0 Å². The lowest BCUT2D eigenvalue weighted by Crippen LogP contribution is -2.13. The minimum absolute atomic E-state index is 0.0292. The summed E-state index contributed by atoms with van der Waals surface area (Å²) in [5.41, 5.74) is -0.147. The van der Waals surface area contributed by atoms with Gasteiger partial charge in [0.1, 0.15) is 12.4 Å². The number of thioether (sulfide) groups is 1. The molecule has 0 amide bonds. The van der Waals surface area contributed by atoms with Gasteiger partial charge in [-0.3, -0.25) is 0 Å². The Hall–Kier alpha value is -2.35. The average molecular weight is 430 g/mol. The van der Waals surface area contributed by atoms with Crippen LogP contribution < -0.4 is 4.74 Å². The molecular weight excluding hydrogens is 398 g/mol. The van der Waals surface area contributed by atoms with E-state index in [0.29, 0.717) is 24.2 Å². The molecule has 1 aromatic carbocycles. The Morgan fingerprint density at radius 2 is 1.83 bits per heavy atom. The largest absolute Gasteiger partial charge is 0.486 e. The molecule has 0 spiro atoms. The van der Waals surface area contributed by atoms with Gasteiger partial charge in [-0.25, -0.2) is 0 Å². The van der Waals surface area contributed by atoms with Crippen LogP contribution >= 0.6 is 11.8 Å². The molecule has 0 aliphatic rings. The molecule has 2 heterocycles. The van der Waals surface area contributed by atoms with Crippen LogP contribution in [0.1, 0.15) is 70.8 Å². The summed E-state index contributed by atoms with van der Waals surface area (Å²) < 4.78 is 13.6. The predicted molar refractivity (Wildman–Crippen MR) is 118 cm³/mol. The molecule has 0 aliphatic heterocycles. The quantitative estimate of drug-likeness (QED) is 0.419. The lowest BCUT2D eigenvalue weighted by molar-refractivity contribution is 0.285. The molecule has 3 aromatic rings. The molecule has 0 aliphatic carbocycles. The van der Waals surface area contributed by atoms with E-state index in [0.717, 1.165) is 29.7 Å². The third-order valence-electron chi connectivity index (χ3n) is 4.58. The zero-order chi connectivity index (χ0) is 21.7. The van der Waals surface area contributed by atoms with E-state index >= 15 is 0 Å². The number of para-hydroxylation sites is 1. The smallest absolute Gasteiger partial charge is 0.239 e. The lowest BCUT2D eigenvalue weighted by atomic mass is 9.96. The average Bonchev–Trinajstić information content (AvgIpc) is 3.33. The zero-order valence-corrected chi connectivity index (χ0v) is 19.4. The van der Waals surface area contributed by atoms with Crippen molar-refractivity contribution < 1.29 is 9.26 Å². The first kappa shape index (κ1) is 22.3. The summed E-state index contributed by atoms with van der Waals surface area (Å²) >= 11 is 1.58. The van der Waals surface area contributed by atoms with Crippen molar-refractivity contribution in [3.05, 3.63) is 47.9 Å². The van der Waals surface area contributed by atoms with E-state index in [-0.39, 0.29) is 10.7 Å². The number of aromatic nitrogens is 5. The summed E-state index contributed by atoms with van der Waals surface area (Å²) in [6.45, 7) is 13.9. The van der Waals surface area contributed by atoms with Crippen LogP contribution in [0, 0.1) is 5.92 Å². The Bertz CT molecular complexity index is 931. The molecule has 0 bridgehead atoms. The summed E-state index contributed by atoms with van der Waals surface area (Å²) in [5, 5.41) is 13.8. The van der Waals surface area contributed by atoms with Gasteiger partial charge in [0, 0.05) is 12.0 Å². The summed E-state index contributed by atoms with van der Waals surface area (Å²) in [7, 11) is 0. The van der Waals surface area contributed by atoms with Crippen molar-refractivity contribution in [1.29, 1.82) is 0 Å². The van der Waals surface area contributed by atoms with Crippen molar-refractivity contribution in [3.63, 3.8) is 0 Å². The normalized spacial score (nSPS) is 13.0. The zero-order valence-electron chi connectivity index (χ0n) is 18.6. The standard InChI is InChI=1S/C22H31N5O2S/c1-15(2)12-13-27-18(14-28-17-10-8-7-9-11-17)24-25-21(27)30-16(3)19-23-20(26-29-19)22(4,5)6/h7-11,15-16H,12-14H2,1-6H3. The first-order chi connectivity index (χ1) is 14.2. The highest BCUT2D eigenvalue weighted by Crippen LogP contribution is 2.34. The van der Waals surface area contributed by atoms with Crippen LogP contribution in [0.25, 0.3) is 0 Å². The molecule has 2 aromatic heterocycles. The Morgan fingerprint density at radius 3 is 2.47 bits per heavy atom. The van der Waals surface area contributed by atoms with Gasteiger partial charge in [0.2, 0.25) is 5.89 Å². The van der Waals surface area contributed by atoms with Gasteiger partial charge < -0.3 is 13.8 Å². The molecule has 1 atom stereocenters. The predicted octanol–water partition coefficient (Wildman–Crippen LogP) is 5.44. The van der Waals surface area contributed by atoms with Crippen molar-refractivity contribution in [2.24, 2.45) is 5.92 Å². The van der Waals surface area contributed by atoms with Crippen LogP contribution in [0.15, 0.2) is 40.0 Å². The third-order valence-corrected chi connectivity index (χ3v) is 5.65. The highest BCUT2D eigenvalue weighted by atomic mass is 32.2. The van der Waals surface area contributed by atoms with Gasteiger partial charge in [-0.05, 0) is 31.4 Å². The number of nitrogens with zero attached hydrogens (tertiary/aromatic N) is 5. The molecule has 7 nitrogen and oxygen atoms in total. The highest BCUT2D eigenvalue weighted by Gasteiger charge is 2.25. The van der Waals surface area contributed by atoms with Gasteiger partial charge in [-0.2, -0.15) is 4.98 Å². The molecule has 0 saturated heterocycles. The van der Waals surface area contributed by atoms with Crippen molar-refractivity contribution in [3.8, 4) is 5.75 Å². The molecule has 30 heavy (non-hydrogen) atoms. The van der Waals surface area contributed by atoms with Crippen LogP contribution in [0.3, 0.4) is 0 Å². The van der Waals surface area contributed by atoms with Crippen molar-refractivity contribution in [1.82, 2.24) is 24.9 Å². The maximum atomic E-state index is 5.91. The van der Waals surface area contributed by atoms with E-state index in [1.54, 1.807) is 11.8 Å². The van der Waals surface area contributed by atoms with E-state index in [2.05, 4.69) is 59.5 Å². The molecule has 0 radical (unpaired) electrons. The summed E-state index contributed by atoms with van der Waals surface area (Å²) in [6, 6.07) is 9.76. The second kappa shape index (κ2) is 9.64. The number of rotatable bonds is 9. The van der Waals surface area contributed by atoms with Gasteiger partial charge in [0.25, 0.3) is 0 Å². The van der Waals surface area contributed by atoms with Crippen LogP contribution in [0.2, 0.25) is 0 Å². The topological polar surface area (TPSA) is 78.9 Å². The number of hydrogen-bond acceptors (Lipinski definition) is 7. The maximum Gasteiger partial charge on any atom is 0.239 e. The molecular formula is C22H31N5O2S. The summed E-state index contributed by atoms with van der Waals surface area (Å²) in [5.74, 6) is 3.53. The first-order valence-corrected chi connectivity index (χ1v) is 11.2. The van der Waals surface area contributed by atoms with Crippen molar-refractivity contribution in [2.45, 2.75) is 76.9 Å². The Morgan fingerprint density at radius 1 is 1.10 bits per heavy atom. The van der Waals surface area contributed by atoms with Crippen molar-refractivity contribution >= 4 is 11.8 Å². The minimum atomic E-state index is -0.147. The highest BCUT2D eigenvalue weighted by molar-refractivity contribution is 7.99. The second-order valence-electron chi connectivity index (χ2n) is 8.80. The van der Waals surface area contributed by atoms with Crippen LogP contribution in [-0.2, 0) is 18.6 Å². The molecule has 3 rings (SSSR count). The Kier molecular flexibility index (Phi) is 7.18. The fourth-order valence-corrected chi connectivity index (χ4v) is 3.63. The second-order valence-corrected chi connectivity index (χ2v) is 10.1. The van der Waals surface area contributed by atoms with E-state index in [4.69, 9.17) is 9.26 Å². The first-order valence-electron chi connectivity index (χ1n) is 10.3. The number of hydrogen-bond donors (Lipinski definition) is 0. The van der Waals surface area contributed by atoms with Crippen molar-refractivity contribution in [2.75, 3.05) is 0 Å². The monoisotopic (exact) mass is 429 g/mol. The molecule has 0 N–H and O–H groups in total. The van der Waals surface area contributed by atoms with Gasteiger partial charge >= 0.3 is 0 Å². The van der Waals surface area contributed by atoms with Gasteiger partial charge in [0.15, 0.2) is 16.8 Å². The SMILES string of the molecule is CC(C)CCn1c(COc2ccccc2)nnc1SC(C)c1nc(C(C)(C)C)no1. The molecule has 0 saturated carbocycles. The van der Waals surface area contributed by atoms with Crippen LogP contribution in [0.4, 0.5) is 0 Å². The van der Waals surface area contributed by atoms with Crippen LogP contribution in [0.5, 0.6) is 5.75 Å². The van der Waals surface area contributed by atoms with E-state index < -0.39 is 0 Å². The Balaban J connectivity index is 1.75. The fraction of sp³-hybridized carbons (Fsp3) is 0.545. The van der Waals surface area contributed by atoms with Crippen LogP contribution in [-0.4, -0.2) is 24.9 Å². The van der Waals surface area contributed by atoms with Gasteiger partial charge in [-0.1, -0.05) is 69.7 Å². The molecule has 162 valence electrons. The fourth-order valence-electron chi connectivity index (χ4n) is 2.70. The maximum absolute atomic E-state index is 5.91. The number of benzene rings is 1. The van der Waals surface area contributed by atoms with Gasteiger partial charge in [0.05, 0.1) is 5.25 Å². The summed E-state index contributed by atoms with van der Waals surface area (Å²) in [4.78, 5) is 4.58. The lowest BCUT2D eigenvalue weighted by Gasteiger charge is -2.13. The van der Waals surface area contributed by atoms with E-state index in [1.807, 2.05) is 37.3 Å². The minimum Gasteiger partial charge on any atom is -0.486 e. The molecule has 8 heteroatoms. The third kappa shape index (κ3) is 5.84. The molecule has 0 fully saturated rings. The molecule has 1 unspecified atom stereocenters. The van der Waals surface area contributed by atoms with Gasteiger partial charge in [-0.15, -0.1) is 10.2 Å². The number of ether oxygens (including phenoxy) is 1. The Labute approximate surface area is 182 Å².